The molecule has 4 rings (SSSR count). The molecule has 0 bridgehead atoms. The van der Waals surface area contributed by atoms with Crippen LogP contribution in [-0.4, -0.2) is 78.3 Å². The van der Waals surface area contributed by atoms with Crippen molar-refractivity contribution in [3.05, 3.63) is 95.6 Å². The van der Waals surface area contributed by atoms with Gasteiger partial charge in [0, 0.05) is 43.4 Å². The van der Waals surface area contributed by atoms with E-state index < -0.39 is 6.04 Å². The van der Waals surface area contributed by atoms with Crippen molar-refractivity contribution >= 4 is 17.5 Å². The SMILES string of the molecule is C[C@@H]1CCCCO[C@@H](CN(C)Cc2ccccc2)[C@H](C)CN([C@H](C)CO)C(=O)c2cc(NC(=O)c3ccccc3)ccc2O1. The maximum absolute atomic E-state index is 14.3. The number of ether oxygens (including phenoxy) is 2. The Balaban J connectivity index is 1.61. The molecule has 236 valence electrons. The fourth-order valence-corrected chi connectivity index (χ4v) is 5.52. The van der Waals surface area contributed by atoms with Gasteiger partial charge in [0.2, 0.25) is 0 Å². The second kappa shape index (κ2) is 16.4. The van der Waals surface area contributed by atoms with Gasteiger partial charge in [0.25, 0.3) is 11.8 Å². The van der Waals surface area contributed by atoms with Gasteiger partial charge in [0.15, 0.2) is 0 Å². The van der Waals surface area contributed by atoms with Crippen molar-refractivity contribution in [2.75, 3.05) is 38.7 Å². The first kappa shape index (κ1) is 33.2. The van der Waals surface area contributed by atoms with Crippen LogP contribution < -0.4 is 10.1 Å². The van der Waals surface area contributed by atoms with E-state index in [1.54, 1.807) is 35.2 Å². The Bertz CT molecular complexity index is 1340. The number of nitrogens with zero attached hydrogens (tertiary/aromatic N) is 2. The molecule has 1 heterocycles. The molecule has 0 saturated carbocycles. The summed E-state index contributed by atoms with van der Waals surface area (Å²) < 4.78 is 12.8. The molecule has 0 fully saturated rings. The first-order valence-electron chi connectivity index (χ1n) is 15.7. The standard InChI is InChI=1S/C36H47N3O5/c1-26-22-39(27(2)25-40)36(42)32-21-31(37-35(41)30-16-9-6-10-17-30)18-19-33(32)44-28(3)13-11-12-20-43-34(26)24-38(4)23-29-14-7-5-8-15-29/h5-10,14-19,21,26-28,34,40H,11-13,20,22-25H2,1-4H3,(H,37,41)/t26-,27-,28-,34+/m1/s1. The zero-order chi connectivity index (χ0) is 31.5. The molecule has 0 saturated heterocycles. The number of anilines is 1. The van der Waals surface area contributed by atoms with E-state index >= 15 is 0 Å². The van der Waals surface area contributed by atoms with E-state index in [0.717, 1.165) is 25.8 Å². The zero-order valence-corrected chi connectivity index (χ0v) is 26.4. The lowest BCUT2D eigenvalue weighted by atomic mass is 10.0. The highest BCUT2D eigenvalue weighted by Gasteiger charge is 2.30. The van der Waals surface area contributed by atoms with E-state index in [1.165, 1.54) is 5.56 Å². The van der Waals surface area contributed by atoms with Crippen molar-refractivity contribution in [3.63, 3.8) is 0 Å². The summed E-state index contributed by atoms with van der Waals surface area (Å²) in [6.07, 6.45) is 2.42. The average molecular weight is 602 g/mol. The summed E-state index contributed by atoms with van der Waals surface area (Å²) in [6.45, 7) is 8.28. The van der Waals surface area contributed by atoms with Gasteiger partial charge in [-0.05, 0) is 76.1 Å². The highest BCUT2D eigenvalue weighted by molar-refractivity contribution is 6.05. The Morgan fingerprint density at radius 3 is 2.45 bits per heavy atom. The summed E-state index contributed by atoms with van der Waals surface area (Å²) in [4.78, 5) is 31.2. The van der Waals surface area contributed by atoms with Gasteiger partial charge in [-0.15, -0.1) is 0 Å². The second-order valence-electron chi connectivity index (χ2n) is 12.0. The molecule has 0 radical (unpaired) electrons. The van der Waals surface area contributed by atoms with Crippen LogP contribution in [0.5, 0.6) is 5.75 Å². The van der Waals surface area contributed by atoms with E-state index in [0.29, 0.717) is 42.3 Å². The van der Waals surface area contributed by atoms with E-state index in [1.807, 2.05) is 50.2 Å². The normalized spacial score (nSPS) is 20.7. The smallest absolute Gasteiger partial charge is 0.258 e. The third kappa shape index (κ3) is 9.39. The summed E-state index contributed by atoms with van der Waals surface area (Å²) in [5, 5.41) is 13.1. The fourth-order valence-electron chi connectivity index (χ4n) is 5.52. The van der Waals surface area contributed by atoms with Crippen LogP contribution in [0.4, 0.5) is 5.69 Å². The molecular weight excluding hydrogens is 554 g/mol. The van der Waals surface area contributed by atoms with Gasteiger partial charge in [-0.3, -0.25) is 14.5 Å². The Hall–Kier alpha value is -3.72. The molecule has 1 aliphatic heterocycles. The highest BCUT2D eigenvalue weighted by atomic mass is 16.5. The minimum atomic E-state index is -0.437. The number of hydrogen-bond donors (Lipinski definition) is 2. The summed E-state index contributed by atoms with van der Waals surface area (Å²) >= 11 is 0. The Labute approximate surface area is 262 Å². The topological polar surface area (TPSA) is 91.3 Å². The van der Waals surface area contributed by atoms with E-state index in [4.69, 9.17) is 9.47 Å². The number of amides is 2. The molecule has 2 amide bonds. The van der Waals surface area contributed by atoms with Gasteiger partial charge in [-0.2, -0.15) is 0 Å². The Morgan fingerprint density at radius 1 is 1.05 bits per heavy atom. The Kier molecular flexibility index (Phi) is 12.4. The van der Waals surface area contributed by atoms with E-state index in [9.17, 15) is 14.7 Å². The maximum atomic E-state index is 14.3. The molecule has 1 aliphatic rings. The molecule has 4 atom stereocenters. The van der Waals surface area contributed by atoms with Crippen LogP contribution in [0.25, 0.3) is 0 Å². The lowest BCUT2D eigenvalue weighted by Gasteiger charge is -2.36. The second-order valence-corrected chi connectivity index (χ2v) is 12.0. The van der Waals surface area contributed by atoms with Gasteiger partial charge in [0.05, 0.1) is 30.4 Å². The molecule has 2 N–H and O–H groups in total. The molecule has 3 aromatic rings. The number of fused-ring (bicyclic) bond motifs is 1. The van der Waals surface area contributed by atoms with Crippen LogP contribution in [-0.2, 0) is 11.3 Å². The van der Waals surface area contributed by atoms with Gasteiger partial charge < -0.3 is 24.8 Å². The van der Waals surface area contributed by atoms with Gasteiger partial charge in [-0.1, -0.05) is 55.5 Å². The van der Waals surface area contributed by atoms with Crippen LogP contribution in [0.2, 0.25) is 0 Å². The van der Waals surface area contributed by atoms with Crippen molar-refractivity contribution in [2.24, 2.45) is 5.92 Å². The molecule has 0 aliphatic carbocycles. The van der Waals surface area contributed by atoms with Gasteiger partial charge in [-0.25, -0.2) is 0 Å². The summed E-state index contributed by atoms with van der Waals surface area (Å²) in [5.41, 5.74) is 2.61. The number of nitrogens with one attached hydrogen (secondary N) is 1. The lowest BCUT2D eigenvalue weighted by Crippen LogP contribution is -2.47. The first-order valence-corrected chi connectivity index (χ1v) is 15.7. The number of hydrogen-bond acceptors (Lipinski definition) is 6. The predicted octanol–water partition coefficient (Wildman–Crippen LogP) is 5.87. The summed E-state index contributed by atoms with van der Waals surface area (Å²) in [5.74, 6) is -0.0688. The van der Waals surface area contributed by atoms with Crippen molar-refractivity contribution < 1.29 is 24.2 Å². The molecule has 44 heavy (non-hydrogen) atoms. The van der Waals surface area contributed by atoms with Crippen molar-refractivity contribution in [1.82, 2.24) is 9.80 Å². The van der Waals surface area contributed by atoms with Crippen LogP contribution in [0.15, 0.2) is 78.9 Å². The number of aliphatic hydroxyl groups excluding tert-OH is 1. The van der Waals surface area contributed by atoms with Crippen LogP contribution in [0.3, 0.4) is 0 Å². The minimum absolute atomic E-state index is 0.0154. The molecule has 8 heteroatoms. The summed E-state index contributed by atoms with van der Waals surface area (Å²) in [7, 11) is 2.09. The van der Waals surface area contributed by atoms with Crippen molar-refractivity contribution in [3.8, 4) is 5.75 Å². The molecule has 3 aromatic carbocycles. The largest absolute Gasteiger partial charge is 0.490 e. The van der Waals surface area contributed by atoms with Gasteiger partial charge in [0.1, 0.15) is 5.75 Å². The quantitative estimate of drug-likeness (QED) is 0.336. The van der Waals surface area contributed by atoms with Gasteiger partial charge >= 0.3 is 0 Å². The van der Waals surface area contributed by atoms with Crippen LogP contribution in [0.1, 0.15) is 66.3 Å². The van der Waals surface area contributed by atoms with E-state index in [2.05, 4.69) is 36.3 Å². The number of carbonyl (C=O) groups is 2. The highest BCUT2D eigenvalue weighted by Crippen LogP contribution is 2.29. The third-order valence-corrected chi connectivity index (χ3v) is 8.13. The monoisotopic (exact) mass is 601 g/mol. The predicted molar refractivity (Wildman–Crippen MR) is 174 cm³/mol. The number of likely N-dealkylation sites (N-methyl/N-ethyl adjacent to an activating group) is 1. The lowest BCUT2D eigenvalue weighted by molar-refractivity contribution is -0.0177. The fraction of sp³-hybridized carbons (Fsp3) is 0.444. The number of benzene rings is 3. The molecule has 0 aromatic heterocycles. The average Bonchev–Trinajstić information content (AvgIpc) is 3.03. The Morgan fingerprint density at radius 2 is 1.75 bits per heavy atom. The molecule has 0 spiro atoms. The maximum Gasteiger partial charge on any atom is 0.258 e. The molecule has 0 unspecified atom stereocenters. The van der Waals surface area contributed by atoms with E-state index in [-0.39, 0.29) is 36.5 Å². The zero-order valence-electron chi connectivity index (χ0n) is 26.4. The molecular formula is C36H47N3O5. The molecule has 8 nitrogen and oxygen atoms in total. The number of rotatable bonds is 8. The van der Waals surface area contributed by atoms with Crippen LogP contribution in [0, 0.1) is 5.92 Å². The first-order chi connectivity index (χ1) is 21.2. The van der Waals surface area contributed by atoms with Crippen molar-refractivity contribution in [1.29, 1.82) is 0 Å². The van der Waals surface area contributed by atoms with Crippen molar-refractivity contribution in [2.45, 2.75) is 64.8 Å². The number of aliphatic hydroxyl groups is 1. The summed E-state index contributed by atoms with van der Waals surface area (Å²) in [6, 6.07) is 24.1. The third-order valence-electron chi connectivity index (χ3n) is 8.13. The van der Waals surface area contributed by atoms with Crippen LogP contribution >= 0.6 is 0 Å². The minimum Gasteiger partial charge on any atom is -0.490 e. The number of carbonyl (C=O) groups excluding carboxylic acids is 2.